The van der Waals surface area contributed by atoms with Crippen molar-refractivity contribution in [2.75, 3.05) is 19.6 Å². The maximum absolute atomic E-state index is 13.7. The summed E-state index contributed by atoms with van der Waals surface area (Å²) >= 11 is 1.55. The maximum Gasteiger partial charge on any atom is 0.242 e. The van der Waals surface area contributed by atoms with Crippen LogP contribution in [0, 0.1) is 5.82 Å². The fraction of sp³-hybridized carbons (Fsp3) is 0.294. The topological polar surface area (TPSA) is 40.6 Å². The third kappa shape index (κ3) is 3.76. The molecule has 3 rings (SSSR count). The first kappa shape index (κ1) is 15.7. The van der Waals surface area contributed by atoms with Crippen LogP contribution >= 0.6 is 11.3 Å². The lowest BCUT2D eigenvalue weighted by molar-refractivity contribution is -0.145. The molecule has 0 radical (unpaired) electrons. The van der Waals surface area contributed by atoms with Gasteiger partial charge in [0, 0.05) is 25.2 Å². The Bertz CT molecular complexity index is 702. The molecule has 0 saturated carbocycles. The molecule has 2 aromatic rings. The average Bonchev–Trinajstić information content (AvgIpc) is 3.04. The van der Waals surface area contributed by atoms with Crippen LogP contribution in [0.2, 0.25) is 0 Å². The highest BCUT2D eigenvalue weighted by Crippen LogP contribution is 2.14. The molecule has 2 heterocycles. The van der Waals surface area contributed by atoms with E-state index in [9.17, 15) is 14.0 Å². The number of halogens is 1. The van der Waals surface area contributed by atoms with Crippen LogP contribution in [0.5, 0.6) is 0 Å². The minimum Gasteiger partial charge on any atom is -0.335 e. The van der Waals surface area contributed by atoms with Crippen molar-refractivity contribution in [1.82, 2.24) is 9.80 Å². The van der Waals surface area contributed by atoms with Crippen molar-refractivity contribution in [1.29, 1.82) is 0 Å². The summed E-state index contributed by atoms with van der Waals surface area (Å²) in [4.78, 5) is 27.7. The number of thiophene rings is 1. The van der Waals surface area contributed by atoms with E-state index >= 15 is 0 Å². The van der Waals surface area contributed by atoms with E-state index in [4.69, 9.17) is 0 Å². The van der Waals surface area contributed by atoms with Gasteiger partial charge < -0.3 is 9.80 Å². The van der Waals surface area contributed by atoms with Crippen molar-refractivity contribution >= 4 is 23.2 Å². The number of carbonyl (C=O) groups is 2. The molecular weight excluding hydrogens is 315 g/mol. The number of piperazine rings is 1. The summed E-state index contributed by atoms with van der Waals surface area (Å²) < 4.78 is 13.7. The Kier molecular flexibility index (Phi) is 4.71. The summed E-state index contributed by atoms with van der Waals surface area (Å²) in [5, 5.41) is 3.87. The number of hydrogen-bond donors (Lipinski definition) is 0. The van der Waals surface area contributed by atoms with E-state index in [0.717, 1.165) is 5.56 Å². The van der Waals surface area contributed by atoms with Crippen LogP contribution in [0.25, 0.3) is 0 Å². The van der Waals surface area contributed by atoms with Crippen molar-refractivity contribution in [3.63, 3.8) is 0 Å². The smallest absolute Gasteiger partial charge is 0.242 e. The molecule has 1 aliphatic rings. The van der Waals surface area contributed by atoms with Crippen LogP contribution in [-0.4, -0.2) is 41.2 Å². The molecule has 1 fully saturated rings. The van der Waals surface area contributed by atoms with Gasteiger partial charge in [0.1, 0.15) is 5.82 Å². The summed E-state index contributed by atoms with van der Waals surface area (Å²) in [7, 11) is 0. The SMILES string of the molecule is O=C(Cc1ccsc1)N1CCN(Cc2ccccc2F)C(=O)C1. The molecular formula is C17H17FN2O2S. The second-order valence-corrected chi connectivity index (χ2v) is 6.31. The third-order valence-electron chi connectivity index (χ3n) is 3.93. The second kappa shape index (κ2) is 6.91. The van der Waals surface area contributed by atoms with Gasteiger partial charge in [-0.25, -0.2) is 4.39 Å². The van der Waals surface area contributed by atoms with Crippen LogP contribution in [-0.2, 0) is 22.6 Å². The van der Waals surface area contributed by atoms with E-state index in [1.165, 1.54) is 6.07 Å². The lowest BCUT2D eigenvalue weighted by atomic mass is 10.1. The van der Waals surface area contributed by atoms with Gasteiger partial charge in [-0.1, -0.05) is 18.2 Å². The molecule has 6 heteroatoms. The van der Waals surface area contributed by atoms with Crippen LogP contribution in [0.3, 0.4) is 0 Å². The van der Waals surface area contributed by atoms with Gasteiger partial charge in [-0.2, -0.15) is 11.3 Å². The van der Waals surface area contributed by atoms with Crippen molar-refractivity contribution in [3.05, 3.63) is 58.0 Å². The lowest BCUT2D eigenvalue weighted by Gasteiger charge is -2.34. The van der Waals surface area contributed by atoms with Crippen molar-refractivity contribution in [2.24, 2.45) is 0 Å². The molecule has 1 saturated heterocycles. The molecule has 2 amide bonds. The fourth-order valence-electron chi connectivity index (χ4n) is 2.60. The largest absolute Gasteiger partial charge is 0.335 e. The van der Waals surface area contributed by atoms with E-state index in [1.54, 1.807) is 39.3 Å². The molecule has 1 aromatic carbocycles. The number of hydrogen-bond acceptors (Lipinski definition) is 3. The Morgan fingerprint density at radius 1 is 1.22 bits per heavy atom. The van der Waals surface area contributed by atoms with E-state index in [-0.39, 0.29) is 30.7 Å². The molecule has 0 spiro atoms. The normalized spacial score (nSPS) is 15.1. The van der Waals surface area contributed by atoms with E-state index < -0.39 is 0 Å². The number of rotatable bonds is 4. The summed E-state index contributed by atoms with van der Waals surface area (Å²) in [5.41, 5.74) is 1.47. The Hall–Kier alpha value is -2.21. The highest BCUT2D eigenvalue weighted by atomic mass is 32.1. The van der Waals surface area contributed by atoms with Crippen LogP contribution < -0.4 is 0 Å². The standard InChI is InChI=1S/C17H17FN2O2S/c18-15-4-2-1-3-14(15)10-19-6-7-20(11-17(19)22)16(21)9-13-5-8-23-12-13/h1-5,8,12H,6-7,9-11H2. The lowest BCUT2D eigenvalue weighted by Crippen LogP contribution is -2.52. The minimum atomic E-state index is -0.309. The molecule has 0 unspecified atom stereocenters. The average molecular weight is 332 g/mol. The summed E-state index contributed by atoms with van der Waals surface area (Å²) in [6.45, 7) is 1.24. The van der Waals surface area contributed by atoms with Gasteiger partial charge in [0.25, 0.3) is 0 Å². The Morgan fingerprint density at radius 3 is 2.74 bits per heavy atom. The van der Waals surface area contributed by atoms with Crippen molar-refractivity contribution in [2.45, 2.75) is 13.0 Å². The van der Waals surface area contributed by atoms with E-state index in [1.807, 2.05) is 16.8 Å². The first-order valence-corrected chi connectivity index (χ1v) is 8.38. The fourth-order valence-corrected chi connectivity index (χ4v) is 3.27. The summed E-state index contributed by atoms with van der Waals surface area (Å²) in [6, 6.07) is 8.36. The van der Waals surface area contributed by atoms with Gasteiger partial charge in [-0.05, 0) is 28.5 Å². The predicted octanol–water partition coefficient (Wildman–Crippen LogP) is 2.30. The zero-order valence-corrected chi connectivity index (χ0v) is 13.4. The molecule has 0 N–H and O–H groups in total. The highest BCUT2D eigenvalue weighted by molar-refractivity contribution is 7.08. The van der Waals surface area contributed by atoms with Gasteiger partial charge >= 0.3 is 0 Å². The zero-order valence-electron chi connectivity index (χ0n) is 12.6. The maximum atomic E-state index is 13.7. The second-order valence-electron chi connectivity index (χ2n) is 5.53. The van der Waals surface area contributed by atoms with Crippen molar-refractivity contribution < 1.29 is 14.0 Å². The van der Waals surface area contributed by atoms with E-state index in [2.05, 4.69) is 0 Å². The monoisotopic (exact) mass is 332 g/mol. The first-order valence-electron chi connectivity index (χ1n) is 7.43. The van der Waals surface area contributed by atoms with Gasteiger partial charge in [-0.3, -0.25) is 9.59 Å². The highest BCUT2D eigenvalue weighted by Gasteiger charge is 2.27. The Morgan fingerprint density at radius 2 is 2.04 bits per heavy atom. The molecule has 0 bridgehead atoms. The molecule has 4 nitrogen and oxygen atoms in total. The summed E-state index contributed by atoms with van der Waals surface area (Å²) in [6.07, 6.45) is 0.324. The van der Waals surface area contributed by atoms with Gasteiger partial charge in [0.05, 0.1) is 13.0 Å². The first-order chi connectivity index (χ1) is 11.1. The third-order valence-corrected chi connectivity index (χ3v) is 4.66. The van der Waals surface area contributed by atoms with E-state index in [0.29, 0.717) is 25.1 Å². The predicted molar refractivity (Wildman–Crippen MR) is 86.4 cm³/mol. The molecule has 1 aromatic heterocycles. The van der Waals surface area contributed by atoms with Crippen LogP contribution in [0.4, 0.5) is 4.39 Å². The van der Waals surface area contributed by atoms with Gasteiger partial charge in [0.15, 0.2) is 0 Å². The summed E-state index contributed by atoms with van der Waals surface area (Å²) in [5.74, 6) is -0.489. The van der Waals surface area contributed by atoms with Crippen LogP contribution in [0.1, 0.15) is 11.1 Å². The van der Waals surface area contributed by atoms with Crippen molar-refractivity contribution in [3.8, 4) is 0 Å². The quantitative estimate of drug-likeness (QED) is 0.862. The molecule has 23 heavy (non-hydrogen) atoms. The molecule has 1 aliphatic heterocycles. The Balaban J connectivity index is 1.58. The number of carbonyl (C=O) groups excluding carboxylic acids is 2. The molecule has 0 aliphatic carbocycles. The van der Waals surface area contributed by atoms with Crippen LogP contribution in [0.15, 0.2) is 41.1 Å². The Labute approximate surface area is 138 Å². The number of amides is 2. The van der Waals surface area contributed by atoms with Gasteiger partial charge in [0.2, 0.25) is 11.8 Å². The van der Waals surface area contributed by atoms with Gasteiger partial charge in [-0.15, -0.1) is 0 Å². The zero-order chi connectivity index (χ0) is 16.2. The number of nitrogens with zero attached hydrogens (tertiary/aromatic N) is 2. The molecule has 0 atom stereocenters. The number of benzene rings is 1. The minimum absolute atomic E-state index is 0.0395. The molecule has 120 valence electrons.